The van der Waals surface area contributed by atoms with Crippen LogP contribution in [0.5, 0.6) is 0 Å². The number of nitrogens with zero attached hydrogens (tertiary/aromatic N) is 2. The van der Waals surface area contributed by atoms with Crippen LogP contribution in [0.3, 0.4) is 0 Å². The molecule has 1 unspecified atom stereocenters. The fourth-order valence-corrected chi connectivity index (χ4v) is 4.88. The molecule has 1 aliphatic carbocycles. The van der Waals surface area contributed by atoms with E-state index in [0.717, 1.165) is 5.56 Å². The van der Waals surface area contributed by atoms with Gasteiger partial charge in [-0.15, -0.1) is 0 Å². The van der Waals surface area contributed by atoms with Crippen LogP contribution in [0.15, 0.2) is 104 Å². The van der Waals surface area contributed by atoms with E-state index in [0.29, 0.717) is 24.5 Å². The molecule has 0 radical (unpaired) electrons. The zero-order chi connectivity index (χ0) is 28.1. The molecule has 0 fully saturated rings. The van der Waals surface area contributed by atoms with Crippen LogP contribution in [0.2, 0.25) is 0 Å². The number of carbonyl (C=O) groups excluding carboxylic acids is 2. The second-order valence-corrected chi connectivity index (χ2v) is 10.3. The molecule has 8 heteroatoms. The lowest BCUT2D eigenvalue weighted by molar-refractivity contribution is -0.119. The molecule has 5 rings (SSSR count). The van der Waals surface area contributed by atoms with Gasteiger partial charge in [0.1, 0.15) is 6.04 Å². The van der Waals surface area contributed by atoms with Crippen molar-refractivity contribution in [3.8, 4) is 11.1 Å². The van der Waals surface area contributed by atoms with Crippen molar-refractivity contribution in [2.24, 2.45) is 0 Å². The van der Waals surface area contributed by atoms with Crippen LogP contribution >= 0.6 is 0 Å². The number of ether oxygens (including phenoxy) is 1. The van der Waals surface area contributed by atoms with E-state index in [4.69, 9.17) is 4.74 Å². The second-order valence-electron chi connectivity index (χ2n) is 10.3. The first-order chi connectivity index (χ1) is 19.4. The number of nitrogens with one attached hydrogen (secondary N) is 3. The van der Waals surface area contributed by atoms with Gasteiger partial charge < -0.3 is 25.3 Å². The van der Waals surface area contributed by atoms with Gasteiger partial charge in [0.25, 0.3) is 0 Å². The molecule has 2 amide bonds. The molecule has 1 atom stereocenters. The molecule has 8 nitrogen and oxygen atoms in total. The number of imidazole rings is 1. The highest BCUT2D eigenvalue weighted by Crippen LogP contribution is 2.45. The largest absolute Gasteiger partial charge is 0.374 e. The van der Waals surface area contributed by atoms with Gasteiger partial charge in [0.2, 0.25) is 12.3 Å². The number of anilines is 1. The summed E-state index contributed by atoms with van der Waals surface area (Å²) < 4.78 is 7.92. The molecule has 1 heterocycles. The molecule has 3 aromatic carbocycles. The van der Waals surface area contributed by atoms with Gasteiger partial charge in [-0.25, -0.2) is 4.98 Å². The number of aromatic nitrogens is 2. The van der Waals surface area contributed by atoms with Gasteiger partial charge in [0.15, 0.2) is 5.82 Å². The number of carbonyl (C=O) groups is 2. The smallest absolute Gasteiger partial charge is 0.250 e. The average molecular weight is 536 g/mol. The Morgan fingerprint density at radius 2 is 1.65 bits per heavy atom. The second kappa shape index (κ2) is 11.6. The maximum absolute atomic E-state index is 13.5. The van der Waals surface area contributed by atoms with Crippen LogP contribution < -0.4 is 16.0 Å². The minimum Gasteiger partial charge on any atom is -0.374 e. The van der Waals surface area contributed by atoms with E-state index in [1.165, 1.54) is 22.3 Å². The number of rotatable bonds is 12. The van der Waals surface area contributed by atoms with Crippen molar-refractivity contribution in [3.63, 3.8) is 0 Å². The van der Waals surface area contributed by atoms with Crippen LogP contribution in [0.4, 0.5) is 5.82 Å². The van der Waals surface area contributed by atoms with E-state index < -0.39 is 11.6 Å². The van der Waals surface area contributed by atoms with Gasteiger partial charge in [0.05, 0.1) is 31.1 Å². The Morgan fingerprint density at radius 3 is 2.30 bits per heavy atom. The lowest BCUT2D eigenvalue weighted by atomic mass is 10.0. The Morgan fingerprint density at radius 1 is 1.02 bits per heavy atom. The fraction of sp³-hybridized carbons (Fsp3) is 0.219. The van der Waals surface area contributed by atoms with Gasteiger partial charge in [-0.1, -0.05) is 85.4 Å². The van der Waals surface area contributed by atoms with Gasteiger partial charge >= 0.3 is 0 Å². The Labute approximate surface area is 234 Å². The summed E-state index contributed by atoms with van der Waals surface area (Å²) in [5.41, 5.74) is 5.49. The quantitative estimate of drug-likeness (QED) is 0.202. The van der Waals surface area contributed by atoms with Crippen LogP contribution in [-0.2, 0) is 20.9 Å². The van der Waals surface area contributed by atoms with Gasteiger partial charge in [-0.2, -0.15) is 0 Å². The topological polar surface area (TPSA) is 97.3 Å². The zero-order valence-electron chi connectivity index (χ0n) is 22.6. The van der Waals surface area contributed by atoms with E-state index in [1.54, 1.807) is 20.2 Å². The maximum atomic E-state index is 13.5. The van der Waals surface area contributed by atoms with E-state index in [9.17, 15) is 9.59 Å². The van der Waals surface area contributed by atoms with Crippen molar-refractivity contribution in [2.45, 2.75) is 38.1 Å². The third-order valence-corrected chi connectivity index (χ3v) is 7.19. The minimum atomic E-state index is -0.776. The van der Waals surface area contributed by atoms with E-state index in [2.05, 4.69) is 51.8 Å². The molecule has 40 heavy (non-hydrogen) atoms. The number of amides is 2. The molecule has 1 aromatic heterocycles. The molecule has 0 spiro atoms. The number of hydrogen-bond donors (Lipinski definition) is 3. The van der Waals surface area contributed by atoms with Crippen molar-refractivity contribution in [1.82, 2.24) is 20.2 Å². The summed E-state index contributed by atoms with van der Waals surface area (Å²) in [6.45, 7) is 8.09. The van der Waals surface area contributed by atoms with Gasteiger partial charge in [-0.05, 0) is 41.7 Å². The summed E-state index contributed by atoms with van der Waals surface area (Å²) in [6, 6.07) is 25.6. The number of benzene rings is 3. The van der Waals surface area contributed by atoms with Crippen LogP contribution in [0, 0.1) is 0 Å². The van der Waals surface area contributed by atoms with E-state index in [1.807, 2.05) is 65.4 Å². The monoisotopic (exact) mass is 535 g/mol. The van der Waals surface area contributed by atoms with E-state index in [-0.39, 0.29) is 18.6 Å². The summed E-state index contributed by atoms with van der Waals surface area (Å²) in [5.74, 6) is 0.103. The fourth-order valence-electron chi connectivity index (χ4n) is 4.88. The summed E-state index contributed by atoms with van der Waals surface area (Å²) in [5, 5.41) is 8.79. The maximum Gasteiger partial charge on any atom is 0.250 e. The molecule has 4 aromatic rings. The highest BCUT2D eigenvalue weighted by atomic mass is 16.5. The molecule has 0 aliphatic heterocycles. The van der Waals surface area contributed by atoms with Crippen molar-refractivity contribution < 1.29 is 14.3 Å². The van der Waals surface area contributed by atoms with Gasteiger partial charge in [0, 0.05) is 11.9 Å². The summed E-state index contributed by atoms with van der Waals surface area (Å²) in [7, 11) is 0. The van der Waals surface area contributed by atoms with Gasteiger partial charge in [-0.3, -0.25) is 9.59 Å². The first-order valence-electron chi connectivity index (χ1n) is 13.2. The SMILES string of the molecule is C=C(NC(COCc1ccccc1)C(=O)Nc1cn(C2c3ccccc3-c3ccccc32)cn1)C(C)(C)NC=O. The van der Waals surface area contributed by atoms with Crippen molar-refractivity contribution in [2.75, 3.05) is 11.9 Å². The van der Waals surface area contributed by atoms with E-state index >= 15 is 0 Å². The molecule has 0 bridgehead atoms. The Hall–Kier alpha value is -4.69. The summed E-state index contributed by atoms with van der Waals surface area (Å²) >= 11 is 0. The normalized spacial score (nSPS) is 13.2. The lowest BCUT2D eigenvalue weighted by Crippen LogP contribution is -2.51. The lowest BCUT2D eigenvalue weighted by Gasteiger charge is -2.30. The molecule has 204 valence electrons. The third kappa shape index (κ3) is 5.67. The summed E-state index contributed by atoms with van der Waals surface area (Å²) in [4.78, 5) is 29.0. The number of fused-ring (bicyclic) bond motifs is 3. The third-order valence-electron chi connectivity index (χ3n) is 7.19. The average Bonchev–Trinajstić information content (AvgIpc) is 3.55. The molecule has 0 saturated carbocycles. The van der Waals surface area contributed by atoms with Crippen LogP contribution in [-0.4, -0.2) is 40.1 Å². The number of hydrogen-bond acceptors (Lipinski definition) is 5. The van der Waals surface area contributed by atoms with Crippen LogP contribution in [0.1, 0.15) is 36.6 Å². The molecule has 0 saturated heterocycles. The minimum absolute atomic E-state index is 0.0383. The van der Waals surface area contributed by atoms with Crippen molar-refractivity contribution >= 4 is 18.1 Å². The highest BCUT2D eigenvalue weighted by molar-refractivity contribution is 5.94. The standard InChI is InChI=1S/C32H33N5O3/c1-22(32(2,3)34-21-38)35-28(19-40-18-23-11-5-4-6-12-23)31(39)36-29-17-37(20-33-29)30-26-15-9-7-13-24(26)25-14-8-10-16-27(25)30/h4-17,20-21,28,30,35H,1,18-19H2,2-3H3,(H,34,38)(H,36,39). The molecular formula is C32H33N5O3. The molecule has 1 aliphatic rings. The Bertz CT molecular complexity index is 1470. The first-order valence-corrected chi connectivity index (χ1v) is 13.2. The van der Waals surface area contributed by atoms with Crippen LogP contribution in [0.25, 0.3) is 11.1 Å². The molecular weight excluding hydrogens is 502 g/mol. The molecule has 3 N–H and O–H groups in total. The zero-order valence-corrected chi connectivity index (χ0v) is 22.6. The van der Waals surface area contributed by atoms with Crippen molar-refractivity contribution in [1.29, 1.82) is 0 Å². The first kappa shape index (κ1) is 26.9. The Kier molecular flexibility index (Phi) is 7.79. The highest BCUT2D eigenvalue weighted by Gasteiger charge is 2.30. The predicted octanol–water partition coefficient (Wildman–Crippen LogP) is 4.65. The van der Waals surface area contributed by atoms with Crippen molar-refractivity contribution in [3.05, 3.63) is 120 Å². The summed E-state index contributed by atoms with van der Waals surface area (Å²) in [6.07, 6.45) is 4.19. The predicted molar refractivity (Wildman–Crippen MR) is 155 cm³/mol. The Balaban J connectivity index is 1.33.